The fourth-order valence-electron chi connectivity index (χ4n) is 3.44. The minimum Gasteiger partial charge on any atom is -0.495 e. The van der Waals surface area contributed by atoms with E-state index in [0.29, 0.717) is 17.2 Å². The Morgan fingerprint density at radius 2 is 2.00 bits per heavy atom. The predicted octanol–water partition coefficient (Wildman–Crippen LogP) is 4.56. The molecule has 0 aliphatic carbocycles. The monoisotopic (exact) mass is 406 g/mol. The second kappa shape index (κ2) is 8.93. The van der Waals surface area contributed by atoms with E-state index in [0.717, 1.165) is 28.6 Å². The summed E-state index contributed by atoms with van der Waals surface area (Å²) < 4.78 is 6.13. The van der Waals surface area contributed by atoms with E-state index in [4.69, 9.17) is 4.74 Å². The highest BCUT2D eigenvalue weighted by Crippen LogP contribution is 2.34. The number of carbonyl (C=O) groups excluding carboxylic acids is 1. The lowest BCUT2D eigenvalue weighted by molar-refractivity contribution is -0.136. The quantitative estimate of drug-likeness (QED) is 0.709. The second-order valence-corrected chi connectivity index (χ2v) is 9.40. The van der Waals surface area contributed by atoms with Crippen molar-refractivity contribution in [2.45, 2.75) is 61.7 Å². The van der Waals surface area contributed by atoms with E-state index in [2.05, 4.69) is 34.3 Å². The number of likely N-dealkylation sites (tertiary alicyclic amines) is 1. The van der Waals surface area contributed by atoms with Crippen LogP contribution in [0.2, 0.25) is 0 Å². The molecule has 0 spiro atoms. The van der Waals surface area contributed by atoms with Gasteiger partial charge in [0.1, 0.15) is 5.75 Å². The molecule has 6 nitrogen and oxygen atoms in total. The van der Waals surface area contributed by atoms with Gasteiger partial charge in [-0.15, -0.1) is 10.2 Å². The zero-order valence-corrected chi connectivity index (χ0v) is 17.8. The van der Waals surface area contributed by atoms with Crippen molar-refractivity contribution < 1.29 is 9.53 Å². The van der Waals surface area contributed by atoms with Crippen LogP contribution < -0.4 is 10.1 Å². The number of ether oxygens (including phenoxy) is 1. The third-order valence-electron chi connectivity index (χ3n) is 4.83. The van der Waals surface area contributed by atoms with Gasteiger partial charge < -0.3 is 15.0 Å². The lowest BCUT2D eigenvalue weighted by Crippen LogP contribution is -2.50. The van der Waals surface area contributed by atoms with E-state index in [-0.39, 0.29) is 11.2 Å². The highest BCUT2D eigenvalue weighted by Gasteiger charge is 2.32. The molecule has 146 valence electrons. The summed E-state index contributed by atoms with van der Waals surface area (Å²) in [4.78, 5) is 15.0. The number of carbonyl (C=O) groups is 1. The van der Waals surface area contributed by atoms with Crippen LogP contribution in [0.4, 0.5) is 10.8 Å². The Morgan fingerprint density at radius 3 is 2.70 bits per heavy atom. The smallest absolute Gasteiger partial charge is 0.236 e. The van der Waals surface area contributed by atoms with E-state index < -0.39 is 0 Å². The zero-order valence-electron chi connectivity index (χ0n) is 16.1. The molecule has 1 aliphatic rings. The van der Waals surface area contributed by atoms with Crippen molar-refractivity contribution >= 4 is 39.8 Å². The number of aromatic nitrogens is 2. The summed E-state index contributed by atoms with van der Waals surface area (Å²) in [5, 5.41) is 12.2. The number of para-hydroxylation sites is 2. The van der Waals surface area contributed by atoms with Crippen LogP contribution in [0.25, 0.3) is 0 Å². The van der Waals surface area contributed by atoms with Crippen molar-refractivity contribution in [3.05, 3.63) is 24.3 Å². The summed E-state index contributed by atoms with van der Waals surface area (Å²) in [5.41, 5.74) is 0.841. The van der Waals surface area contributed by atoms with Crippen molar-refractivity contribution in [2.75, 3.05) is 12.4 Å². The van der Waals surface area contributed by atoms with Gasteiger partial charge in [0, 0.05) is 12.1 Å². The van der Waals surface area contributed by atoms with Crippen molar-refractivity contribution in [1.29, 1.82) is 0 Å². The summed E-state index contributed by atoms with van der Waals surface area (Å²) in [6, 6.07) is 8.28. The molecule has 0 saturated carbocycles. The number of amides is 1. The van der Waals surface area contributed by atoms with Gasteiger partial charge in [0.05, 0.1) is 18.0 Å². The van der Waals surface area contributed by atoms with Crippen LogP contribution >= 0.6 is 23.1 Å². The Hall–Kier alpha value is -1.80. The van der Waals surface area contributed by atoms with Crippen molar-refractivity contribution in [1.82, 2.24) is 15.1 Å². The third kappa shape index (κ3) is 4.73. The van der Waals surface area contributed by atoms with Gasteiger partial charge in [0.15, 0.2) is 4.34 Å². The standard InChI is InChI=1S/C19H26N4O2S2/c1-12-8-7-9-13(2)23(12)17(24)14(3)26-19-22-21-18(27-19)20-15-10-5-6-11-16(15)25-4/h5-6,10-14H,7-9H2,1-4H3,(H,20,21)/t12-,13-,14-/m1/s1. The number of nitrogens with one attached hydrogen (secondary N) is 1. The molecule has 1 fully saturated rings. The number of methoxy groups -OCH3 is 1. The summed E-state index contributed by atoms with van der Waals surface area (Å²) in [6.45, 7) is 6.24. The molecular formula is C19H26N4O2S2. The predicted molar refractivity (Wildman–Crippen MR) is 111 cm³/mol. The first-order valence-electron chi connectivity index (χ1n) is 9.22. The molecule has 1 N–H and O–H groups in total. The summed E-state index contributed by atoms with van der Waals surface area (Å²) in [7, 11) is 1.64. The molecule has 8 heteroatoms. The van der Waals surface area contributed by atoms with E-state index >= 15 is 0 Å². The van der Waals surface area contributed by atoms with Gasteiger partial charge in [0.2, 0.25) is 11.0 Å². The normalized spacial score (nSPS) is 21.0. The SMILES string of the molecule is COc1ccccc1Nc1nnc(S[C@H](C)C(=O)N2[C@H](C)CCC[C@H]2C)s1. The highest BCUT2D eigenvalue weighted by molar-refractivity contribution is 8.02. The Labute approximate surface area is 168 Å². The maximum absolute atomic E-state index is 12.9. The Balaban J connectivity index is 1.64. The molecule has 0 bridgehead atoms. The van der Waals surface area contributed by atoms with Gasteiger partial charge in [-0.05, 0) is 52.2 Å². The molecule has 1 aliphatic heterocycles. The molecule has 3 rings (SSSR count). The second-order valence-electron chi connectivity index (χ2n) is 6.83. The highest BCUT2D eigenvalue weighted by atomic mass is 32.2. The summed E-state index contributed by atoms with van der Waals surface area (Å²) in [6.07, 6.45) is 3.36. The topological polar surface area (TPSA) is 67.3 Å². The molecule has 2 aromatic rings. The molecule has 0 unspecified atom stereocenters. The van der Waals surface area contributed by atoms with E-state index in [1.165, 1.54) is 29.5 Å². The summed E-state index contributed by atoms with van der Waals surface area (Å²) in [5.74, 6) is 0.938. The van der Waals surface area contributed by atoms with Crippen LogP contribution in [0.1, 0.15) is 40.0 Å². The lowest BCUT2D eigenvalue weighted by Gasteiger charge is -2.40. The van der Waals surface area contributed by atoms with Crippen molar-refractivity contribution in [3.8, 4) is 5.75 Å². The minimum atomic E-state index is -0.180. The molecule has 3 atom stereocenters. The van der Waals surface area contributed by atoms with E-state index in [9.17, 15) is 4.79 Å². The van der Waals surface area contributed by atoms with Gasteiger partial charge in [-0.1, -0.05) is 35.2 Å². The molecular weight excluding hydrogens is 380 g/mol. The average Bonchev–Trinajstić information content (AvgIpc) is 3.08. The average molecular weight is 407 g/mol. The third-order valence-corrected chi connectivity index (χ3v) is 6.84. The van der Waals surface area contributed by atoms with Crippen LogP contribution in [0.3, 0.4) is 0 Å². The Kier molecular flexibility index (Phi) is 6.59. The van der Waals surface area contributed by atoms with Crippen LogP contribution in [0.5, 0.6) is 5.75 Å². The fourth-order valence-corrected chi connectivity index (χ4v) is 5.40. The van der Waals surface area contributed by atoms with Crippen molar-refractivity contribution in [3.63, 3.8) is 0 Å². The summed E-state index contributed by atoms with van der Waals surface area (Å²) >= 11 is 2.92. The van der Waals surface area contributed by atoms with Gasteiger partial charge in [-0.25, -0.2) is 0 Å². The number of anilines is 2. The van der Waals surface area contributed by atoms with E-state index in [1.54, 1.807) is 7.11 Å². The number of nitrogens with zero attached hydrogens (tertiary/aromatic N) is 3. The number of hydrogen-bond donors (Lipinski definition) is 1. The molecule has 1 amide bonds. The molecule has 1 aromatic heterocycles. The van der Waals surface area contributed by atoms with Gasteiger partial charge in [0.25, 0.3) is 0 Å². The van der Waals surface area contributed by atoms with Gasteiger partial charge in [-0.3, -0.25) is 4.79 Å². The van der Waals surface area contributed by atoms with Crippen LogP contribution in [0, 0.1) is 0 Å². The lowest BCUT2D eigenvalue weighted by atomic mass is 9.97. The number of piperidine rings is 1. The number of rotatable bonds is 6. The maximum Gasteiger partial charge on any atom is 0.236 e. The van der Waals surface area contributed by atoms with Crippen molar-refractivity contribution in [2.24, 2.45) is 0 Å². The molecule has 27 heavy (non-hydrogen) atoms. The minimum absolute atomic E-state index is 0.180. The fraction of sp³-hybridized carbons (Fsp3) is 0.526. The molecule has 1 saturated heterocycles. The van der Waals surface area contributed by atoms with Crippen LogP contribution in [0.15, 0.2) is 28.6 Å². The van der Waals surface area contributed by atoms with E-state index in [1.807, 2.05) is 31.2 Å². The number of thioether (sulfide) groups is 1. The number of benzene rings is 1. The molecule has 0 radical (unpaired) electrons. The van der Waals surface area contributed by atoms with Gasteiger partial charge in [-0.2, -0.15) is 0 Å². The molecule has 2 heterocycles. The maximum atomic E-state index is 12.9. The first-order chi connectivity index (χ1) is 13.0. The first-order valence-corrected chi connectivity index (χ1v) is 10.9. The first kappa shape index (κ1) is 19.9. The Morgan fingerprint density at radius 1 is 1.30 bits per heavy atom. The zero-order chi connectivity index (χ0) is 19.4. The number of hydrogen-bond acceptors (Lipinski definition) is 7. The van der Waals surface area contributed by atoms with Crippen LogP contribution in [-0.4, -0.2) is 45.4 Å². The molecule has 1 aromatic carbocycles. The van der Waals surface area contributed by atoms with Gasteiger partial charge >= 0.3 is 0 Å². The largest absolute Gasteiger partial charge is 0.495 e. The Bertz CT molecular complexity index is 773. The van der Waals surface area contributed by atoms with Crippen LogP contribution in [-0.2, 0) is 4.79 Å².